The van der Waals surface area contributed by atoms with Crippen molar-refractivity contribution in [1.82, 2.24) is 15.3 Å². The number of carbonyl (C=O) groups is 1. The van der Waals surface area contributed by atoms with Crippen LogP contribution in [0, 0.1) is 11.8 Å². The fourth-order valence-corrected chi connectivity index (χ4v) is 1.12. The Bertz CT molecular complexity index is 380. The van der Waals surface area contributed by atoms with E-state index >= 15 is 0 Å². The molecule has 17 heavy (non-hydrogen) atoms. The lowest BCUT2D eigenvalue weighted by Crippen LogP contribution is -2.31. The molecule has 6 heteroatoms. The van der Waals surface area contributed by atoms with E-state index in [4.69, 9.17) is 5.84 Å². The molecule has 0 aliphatic rings. The Kier molecular flexibility index (Phi) is 4.84. The summed E-state index contributed by atoms with van der Waals surface area (Å²) in [4.78, 5) is 19.6. The van der Waals surface area contributed by atoms with E-state index in [9.17, 15) is 4.79 Å². The maximum atomic E-state index is 11.8. The van der Waals surface area contributed by atoms with Crippen LogP contribution < -0.4 is 16.6 Å². The number of nitrogen functional groups attached to an aromatic ring is 1. The zero-order valence-corrected chi connectivity index (χ0v) is 10.4. The zero-order valence-electron chi connectivity index (χ0n) is 10.4. The Morgan fingerprint density at radius 1 is 1.41 bits per heavy atom. The smallest absolute Gasteiger partial charge is 0.271 e. The summed E-state index contributed by atoms with van der Waals surface area (Å²) < 4.78 is 0. The summed E-state index contributed by atoms with van der Waals surface area (Å²) in [6.45, 7) is 6.96. The van der Waals surface area contributed by atoms with E-state index in [0.29, 0.717) is 24.2 Å². The number of hydrogen-bond acceptors (Lipinski definition) is 5. The molecule has 0 spiro atoms. The largest absolute Gasteiger partial charge is 0.350 e. The molecular weight excluding hydrogens is 218 g/mol. The Labute approximate surface area is 101 Å². The van der Waals surface area contributed by atoms with Crippen LogP contribution in [0.2, 0.25) is 0 Å². The standard InChI is InChI=1S/C11H19N5O/c1-7(2)8(3)4-14-11(17)9-5-13-6-10(15-9)16-12/h5-8H,4,12H2,1-3H3,(H,14,17)(H,15,16). The first kappa shape index (κ1) is 13.4. The predicted octanol–water partition coefficient (Wildman–Crippen LogP) is 0.784. The average Bonchev–Trinajstić information content (AvgIpc) is 2.35. The molecule has 0 fully saturated rings. The molecule has 1 aromatic heterocycles. The van der Waals surface area contributed by atoms with Crippen molar-refractivity contribution >= 4 is 11.7 Å². The first-order valence-corrected chi connectivity index (χ1v) is 5.61. The van der Waals surface area contributed by atoms with Crippen LogP contribution in [0.5, 0.6) is 0 Å². The van der Waals surface area contributed by atoms with Crippen LogP contribution in [0.4, 0.5) is 5.82 Å². The highest BCUT2D eigenvalue weighted by Gasteiger charge is 2.12. The van der Waals surface area contributed by atoms with Crippen LogP contribution >= 0.6 is 0 Å². The average molecular weight is 237 g/mol. The van der Waals surface area contributed by atoms with E-state index in [1.54, 1.807) is 0 Å². The van der Waals surface area contributed by atoms with Crippen molar-refractivity contribution in [1.29, 1.82) is 0 Å². The van der Waals surface area contributed by atoms with E-state index in [1.165, 1.54) is 12.4 Å². The van der Waals surface area contributed by atoms with Gasteiger partial charge in [0, 0.05) is 6.54 Å². The van der Waals surface area contributed by atoms with E-state index in [2.05, 4.69) is 41.5 Å². The molecule has 0 aromatic carbocycles. The van der Waals surface area contributed by atoms with Gasteiger partial charge in [-0.3, -0.25) is 9.78 Å². The third kappa shape index (κ3) is 3.99. The zero-order chi connectivity index (χ0) is 12.8. The number of hydrazine groups is 1. The van der Waals surface area contributed by atoms with Gasteiger partial charge in [-0.25, -0.2) is 10.8 Å². The molecule has 0 saturated carbocycles. The number of nitrogens with two attached hydrogens (primary N) is 1. The van der Waals surface area contributed by atoms with Crippen molar-refractivity contribution < 1.29 is 4.79 Å². The van der Waals surface area contributed by atoms with Gasteiger partial charge < -0.3 is 10.7 Å². The molecule has 0 bridgehead atoms. The van der Waals surface area contributed by atoms with E-state index in [1.807, 2.05) is 0 Å². The van der Waals surface area contributed by atoms with Gasteiger partial charge in [0.2, 0.25) is 0 Å². The summed E-state index contributed by atoms with van der Waals surface area (Å²) in [5, 5.41) is 2.82. The topological polar surface area (TPSA) is 92.9 Å². The van der Waals surface area contributed by atoms with Crippen LogP contribution in [0.1, 0.15) is 31.3 Å². The van der Waals surface area contributed by atoms with Gasteiger partial charge in [-0.15, -0.1) is 0 Å². The molecule has 1 rings (SSSR count). The molecule has 0 aliphatic carbocycles. The van der Waals surface area contributed by atoms with Crippen molar-refractivity contribution in [3.63, 3.8) is 0 Å². The highest BCUT2D eigenvalue weighted by atomic mass is 16.1. The molecular formula is C11H19N5O. The van der Waals surface area contributed by atoms with Gasteiger partial charge in [0.1, 0.15) is 5.69 Å². The molecule has 94 valence electrons. The second-order valence-electron chi connectivity index (χ2n) is 4.37. The third-order valence-electron chi connectivity index (χ3n) is 2.74. The summed E-state index contributed by atoms with van der Waals surface area (Å²) in [6.07, 6.45) is 2.86. The minimum Gasteiger partial charge on any atom is -0.350 e. The summed E-state index contributed by atoms with van der Waals surface area (Å²) >= 11 is 0. The molecule has 0 aliphatic heterocycles. The van der Waals surface area contributed by atoms with Gasteiger partial charge >= 0.3 is 0 Å². The summed E-state index contributed by atoms with van der Waals surface area (Å²) in [5.41, 5.74) is 2.61. The second kappa shape index (κ2) is 6.15. The minimum absolute atomic E-state index is 0.234. The predicted molar refractivity (Wildman–Crippen MR) is 66.2 cm³/mol. The van der Waals surface area contributed by atoms with Crippen LogP contribution in [0.25, 0.3) is 0 Å². The molecule has 6 nitrogen and oxygen atoms in total. The summed E-state index contributed by atoms with van der Waals surface area (Å²) in [5.74, 6) is 6.28. The number of rotatable bonds is 5. The lowest BCUT2D eigenvalue weighted by Gasteiger charge is -2.15. The van der Waals surface area contributed by atoms with Gasteiger partial charge in [0.25, 0.3) is 5.91 Å². The number of nitrogens with zero attached hydrogens (tertiary/aromatic N) is 2. The van der Waals surface area contributed by atoms with E-state index in [0.717, 1.165) is 0 Å². The van der Waals surface area contributed by atoms with Crippen molar-refractivity contribution in [3.05, 3.63) is 18.1 Å². The number of hydrogen-bond donors (Lipinski definition) is 3. The van der Waals surface area contributed by atoms with Crippen LogP contribution in [0.15, 0.2) is 12.4 Å². The Hall–Kier alpha value is -1.69. The minimum atomic E-state index is -0.234. The first-order chi connectivity index (χ1) is 8.04. The number of amides is 1. The van der Waals surface area contributed by atoms with Gasteiger partial charge in [0.05, 0.1) is 12.4 Å². The molecule has 0 saturated heterocycles. The van der Waals surface area contributed by atoms with Crippen molar-refractivity contribution in [2.75, 3.05) is 12.0 Å². The quantitative estimate of drug-likeness (QED) is 0.520. The highest BCUT2D eigenvalue weighted by molar-refractivity contribution is 5.92. The SMILES string of the molecule is CC(C)C(C)CNC(=O)c1cncc(NN)n1. The van der Waals surface area contributed by atoms with Gasteiger partial charge in [-0.05, 0) is 11.8 Å². The van der Waals surface area contributed by atoms with Crippen molar-refractivity contribution in [2.45, 2.75) is 20.8 Å². The lowest BCUT2D eigenvalue weighted by molar-refractivity contribution is 0.0939. The molecule has 0 radical (unpaired) electrons. The monoisotopic (exact) mass is 237 g/mol. The van der Waals surface area contributed by atoms with Crippen molar-refractivity contribution in [2.24, 2.45) is 17.7 Å². The number of carbonyl (C=O) groups excluding carboxylic acids is 1. The molecule has 1 atom stereocenters. The van der Waals surface area contributed by atoms with Gasteiger partial charge in [-0.2, -0.15) is 0 Å². The summed E-state index contributed by atoms with van der Waals surface area (Å²) in [6, 6.07) is 0. The first-order valence-electron chi connectivity index (χ1n) is 5.61. The van der Waals surface area contributed by atoms with Crippen LogP contribution in [-0.4, -0.2) is 22.4 Å². The van der Waals surface area contributed by atoms with E-state index in [-0.39, 0.29) is 11.6 Å². The number of anilines is 1. The Morgan fingerprint density at radius 3 is 2.71 bits per heavy atom. The maximum absolute atomic E-state index is 11.8. The Balaban J connectivity index is 2.57. The third-order valence-corrected chi connectivity index (χ3v) is 2.74. The maximum Gasteiger partial charge on any atom is 0.271 e. The van der Waals surface area contributed by atoms with Gasteiger partial charge in [0.15, 0.2) is 5.82 Å². The number of aromatic nitrogens is 2. The Morgan fingerprint density at radius 2 is 2.12 bits per heavy atom. The van der Waals surface area contributed by atoms with Crippen molar-refractivity contribution in [3.8, 4) is 0 Å². The van der Waals surface area contributed by atoms with E-state index < -0.39 is 0 Å². The fourth-order valence-electron chi connectivity index (χ4n) is 1.12. The van der Waals surface area contributed by atoms with Crippen LogP contribution in [-0.2, 0) is 0 Å². The summed E-state index contributed by atoms with van der Waals surface area (Å²) in [7, 11) is 0. The molecule has 1 aromatic rings. The number of nitrogens with one attached hydrogen (secondary N) is 2. The lowest BCUT2D eigenvalue weighted by atomic mass is 9.98. The molecule has 1 amide bonds. The molecule has 4 N–H and O–H groups in total. The molecule has 1 unspecified atom stereocenters. The molecule has 1 heterocycles. The van der Waals surface area contributed by atoms with Gasteiger partial charge in [-0.1, -0.05) is 20.8 Å². The fraction of sp³-hybridized carbons (Fsp3) is 0.545. The van der Waals surface area contributed by atoms with Crippen LogP contribution in [0.3, 0.4) is 0 Å². The highest BCUT2D eigenvalue weighted by Crippen LogP contribution is 2.08. The normalized spacial score (nSPS) is 12.3. The second-order valence-corrected chi connectivity index (χ2v) is 4.37.